The molecule has 1 fully saturated rings. The number of sulfonamides is 1. The summed E-state index contributed by atoms with van der Waals surface area (Å²) in [7, 11) is -3.14. The summed E-state index contributed by atoms with van der Waals surface area (Å²) in [6.07, 6.45) is 2.51. The molecule has 9 heteroatoms. The molecule has 7 nitrogen and oxygen atoms in total. The van der Waals surface area contributed by atoms with E-state index in [2.05, 4.69) is 46.2 Å². The average Bonchev–Trinajstić information content (AvgIpc) is 3.12. The molecule has 2 heterocycles. The number of carbonyl (C=O) groups is 1. The molecule has 0 spiro atoms. The van der Waals surface area contributed by atoms with Crippen LogP contribution >= 0.6 is 11.3 Å². The molecular weight excluding hydrogens is 372 g/mol. The molecule has 1 saturated heterocycles. The molecular formula is C17H30N4O3S2. The summed E-state index contributed by atoms with van der Waals surface area (Å²) >= 11 is 1.66. The Morgan fingerprint density at radius 3 is 2.50 bits per heavy atom. The van der Waals surface area contributed by atoms with E-state index in [9.17, 15) is 13.2 Å². The zero-order chi connectivity index (χ0) is 19.2. The fourth-order valence-electron chi connectivity index (χ4n) is 3.34. The zero-order valence-corrected chi connectivity index (χ0v) is 17.4. The lowest BCUT2D eigenvalue weighted by molar-refractivity contribution is 0.202. The van der Waals surface area contributed by atoms with E-state index in [0.717, 1.165) is 13.1 Å². The number of hydrogen-bond acceptors (Lipinski definition) is 5. The molecule has 1 aromatic rings. The number of nitrogens with one attached hydrogen (secondary N) is 2. The van der Waals surface area contributed by atoms with Crippen molar-refractivity contribution in [2.75, 3.05) is 39.0 Å². The first kappa shape index (κ1) is 21.1. The minimum Gasteiger partial charge on any atom is -0.336 e. The smallest absolute Gasteiger partial charge is 0.315 e. The van der Waals surface area contributed by atoms with Gasteiger partial charge in [0.25, 0.3) is 0 Å². The van der Waals surface area contributed by atoms with E-state index in [4.69, 9.17) is 0 Å². The number of rotatable bonds is 8. The van der Waals surface area contributed by atoms with Gasteiger partial charge in [0.1, 0.15) is 0 Å². The van der Waals surface area contributed by atoms with Crippen LogP contribution in [-0.4, -0.2) is 68.7 Å². The fraction of sp³-hybridized carbons (Fsp3) is 0.706. The third-order valence-corrected chi connectivity index (χ3v) is 6.90. The molecule has 0 bridgehead atoms. The molecule has 2 N–H and O–H groups in total. The van der Waals surface area contributed by atoms with Crippen LogP contribution in [0.1, 0.15) is 38.3 Å². The summed E-state index contributed by atoms with van der Waals surface area (Å²) < 4.78 is 24.6. The van der Waals surface area contributed by atoms with Crippen LogP contribution in [0.3, 0.4) is 0 Å². The monoisotopic (exact) mass is 402 g/mol. The number of likely N-dealkylation sites (N-methyl/N-ethyl adjacent to an activating group) is 1. The number of piperidine rings is 1. The Morgan fingerprint density at radius 1 is 1.35 bits per heavy atom. The maximum absolute atomic E-state index is 12.3. The normalized spacial score (nSPS) is 18.0. The Morgan fingerprint density at radius 2 is 2.00 bits per heavy atom. The summed E-state index contributed by atoms with van der Waals surface area (Å²) in [5, 5.41) is 10.2. The second kappa shape index (κ2) is 9.68. The van der Waals surface area contributed by atoms with Gasteiger partial charge >= 0.3 is 6.03 Å². The molecule has 0 saturated carbocycles. The Kier molecular flexibility index (Phi) is 7.87. The van der Waals surface area contributed by atoms with Crippen molar-refractivity contribution in [2.24, 2.45) is 0 Å². The van der Waals surface area contributed by atoms with Crippen molar-refractivity contribution in [1.82, 2.24) is 19.8 Å². The van der Waals surface area contributed by atoms with Crippen LogP contribution < -0.4 is 10.6 Å². The predicted octanol–water partition coefficient (Wildman–Crippen LogP) is 1.85. The minimum absolute atomic E-state index is 0.0149. The molecule has 0 aliphatic carbocycles. The summed E-state index contributed by atoms with van der Waals surface area (Å²) in [5.41, 5.74) is 1.22. The molecule has 2 rings (SSSR count). The number of carbonyl (C=O) groups excluding carboxylic acids is 1. The highest BCUT2D eigenvalue weighted by Crippen LogP contribution is 2.22. The van der Waals surface area contributed by atoms with E-state index in [-0.39, 0.29) is 18.1 Å². The van der Waals surface area contributed by atoms with E-state index >= 15 is 0 Å². The van der Waals surface area contributed by atoms with Gasteiger partial charge in [0, 0.05) is 25.7 Å². The molecule has 1 aromatic heterocycles. The van der Waals surface area contributed by atoms with E-state index in [1.54, 1.807) is 11.3 Å². The van der Waals surface area contributed by atoms with Gasteiger partial charge in [-0.3, -0.25) is 4.90 Å². The second-order valence-corrected chi connectivity index (χ2v) is 9.35. The third kappa shape index (κ3) is 5.94. The van der Waals surface area contributed by atoms with Crippen molar-refractivity contribution >= 4 is 27.4 Å². The van der Waals surface area contributed by atoms with Crippen LogP contribution in [0.2, 0.25) is 0 Å². The van der Waals surface area contributed by atoms with Gasteiger partial charge in [-0.1, -0.05) is 13.8 Å². The maximum Gasteiger partial charge on any atom is 0.315 e. The molecule has 148 valence electrons. The molecule has 26 heavy (non-hydrogen) atoms. The number of amides is 2. The average molecular weight is 403 g/mol. The van der Waals surface area contributed by atoms with Gasteiger partial charge in [-0.25, -0.2) is 17.5 Å². The lowest BCUT2D eigenvalue weighted by Crippen LogP contribution is -2.50. The van der Waals surface area contributed by atoms with Crippen molar-refractivity contribution in [3.05, 3.63) is 22.4 Å². The van der Waals surface area contributed by atoms with E-state index < -0.39 is 10.0 Å². The van der Waals surface area contributed by atoms with Crippen molar-refractivity contribution in [2.45, 2.75) is 38.8 Å². The van der Waals surface area contributed by atoms with Crippen LogP contribution in [-0.2, 0) is 10.0 Å². The SMILES string of the molecule is CCN(CC)C(CNC(=O)NC1CCN(S(C)(=O)=O)CC1)c1ccsc1. The van der Waals surface area contributed by atoms with Gasteiger partial charge in [0.05, 0.1) is 12.3 Å². The molecule has 1 aliphatic rings. The fourth-order valence-corrected chi connectivity index (χ4v) is 4.93. The van der Waals surface area contributed by atoms with Gasteiger partial charge in [0.15, 0.2) is 0 Å². The van der Waals surface area contributed by atoms with E-state index in [0.29, 0.717) is 32.5 Å². The lowest BCUT2D eigenvalue weighted by atomic mass is 10.1. The quantitative estimate of drug-likeness (QED) is 0.695. The third-order valence-electron chi connectivity index (χ3n) is 4.90. The van der Waals surface area contributed by atoms with Crippen LogP contribution in [0.15, 0.2) is 16.8 Å². The van der Waals surface area contributed by atoms with Gasteiger partial charge < -0.3 is 10.6 Å². The molecule has 0 aromatic carbocycles. The summed E-state index contributed by atoms with van der Waals surface area (Å²) in [6, 6.07) is 2.10. The zero-order valence-electron chi connectivity index (χ0n) is 15.8. The van der Waals surface area contributed by atoms with Gasteiger partial charge in [0.2, 0.25) is 10.0 Å². The van der Waals surface area contributed by atoms with Crippen molar-refractivity contribution in [3.63, 3.8) is 0 Å². The summed E-state index contributed by atoms with van der Waals surface area (Å²) in [5.74, 6) is 0. The van der Waals surface area contributed by atoms with Crippen LogP contribution in [0.4, 0.5) is 4.79 Å². The first-order valence-electron chi connectivity index (χ1n) is 9.10. The van der Waals surface area contributed by atoms with Gasteiger partial charge in [-0.05, 0) is 48.3 Å². The molecule has 1 aliphatic heterocycles. The topological polar surface area (TPSA) is 81.8 Å². The highest BCUT2D eigenvalue weighted by molar-refractivity contribution is 7.88. The van der Waals surface area contributed by atoms with Crippen molar-refractivity contribution in [3.8, 4) is 0 Å². The standard InChI is InChI=1S/C17H30N4O3S2/c1-4-20(5-2)16(14-8-11-25-13-14)12-18-17(22)19-15-6-9-21(10-7-15)26(3,23)24/h8,11,13,15-16H,4-7,9-10,12H2,1-3H3,(H2,18,19,22). The number of hydrogen-bond donors (Lipinski definition) is 2. The maximum atomic E-state index is 12.3. The lowest BCUT2D eigenvalue weighted by Gasteiger charge is -2.32. The van der Waals surface area contributed by atoms with Gasteiger partial charge in [-0.2, -0.15) is 11.3 Å². The Balaban J connectivity index is 1.83. The summed E-state index contributed by atoms with van der Waals surface area (Å²) in [6.45, 7) is 7.56. The Bertz CT molecular complexity index is 652. The largest absolute Gasteiger partial charge is 0.336 e. The van der Waals surface area contributed by atoms with E-state index in [1.165, 1.54) is 16.1 Å². The highest BCUT2D eigenvalue weighted by atomic mass is 32.2. The molecule has 0 radical (unpaired) electrons. The minimum atomic E-state index is -3.14. The Labute approximate surface area is 160 Å². The Hall–Kier alpha value is -1.16. The van der Waals surface area contributed by atoms with Gasteiger partial charge in [-0.15, -0.1) is 0 Å². The molecule has 2 amide bonds. The van der Waals surface area contributed by atoms with Crippen LogP contribution in [0.5, 0.6) is 0 Å². The number of thiophene rings is 1. The second-order valence-electron chi connectivity index (χ2n) is 6.58. The first-order valence-corrected chi connectivity index (χ1v) is 11.9. The highest BCUT2D eigenvalue weighted by Gasteiger charge is 2.26. The van der Waals surface area contributed by atoms with Crippen LogP contribution in [0, 0.1) is 0 Å². The van der Waals surface area contributed by atoms with Crippen molar-refractivity contribution < 1.29 is 13.2 Å². The predicted molar refractivity (Wildman–Crippen MR) is 106 cm³/mol. The summed E-state index contributed by atoms with van der Waals surface area (Å²) in [4.78, 5) is 14.6. The van der Waals surface area contributed by atoms with Crippen molar-refractivity contribution in [1.29, 1.82) is 0 Å². The number of urea groups is 1. The van der Waals surface area contributed by atoms with Crippen LogP contribution in [0.25, 0.3) is 0 Å². The molecule has 1 unspecified atom stereocenters. The first-order chi connectivity index (χ1) is 12.3. The number of nitrogens with zero attached hydrogens (tertiary/aromatic N) is 2. The molecule has 1 atom stereocenters. The van der Waals surface area contributed by atoms with E-state index in [1.807, 2.05) is 0 Å².